The van der Waals surface area contributed by atoms with E-state index >= 15 is 0 Å². The van der Waals surface area contributed by atoms with Crippen LogP contribution < -0.4 is 0 Å². The van der Waals surface area contributed by atoms with Gasteiger partial charge < -0.3 is 0 Å². The van der Waals surface area contributed by atoms with E-state index in [1.54, 1.807) is 24.8 Å². The summed E-state index contributed by atoms with van der Waals surface area (Å²) in [6, 6.07) is -0.190. The summed E-state index contributed by atoms with van der Waals surface area (Å²) in [6.07, 6.45) is 9.17. The maximum Gasteiger partial charge on any atom is 0.338 e. The summed E-state index contributed by atoms with van der Waals surface area (Å²) >= 11 is 0. The third-order valence-corrected chi connectivity index (χ3v) is 1.45. The Hall–Kier alpha value is -1.29. The molecule has 2 heterocycles. The minimum atomic E-state index is -0.190. The Kier molecular flexibility index (Phi) is 3.09. The molecule has 0 bridgehead atoms. The molecule has 0 aliphatic heterocycles. The van der Waals surface area contributed by atoms with Gasteiger partial charge in [0.25, 0.3) is 0 Å². The van der Waals surface area contributed by atoms with Gasteiger partial charge in [0.05, 0.1) is 0 Å². The van der Waals surface area contributed by atoms with Crippen LogP contribution in [0.25, 0.3) is 0 Å². The van der Waals surface area contributed by atoms with Gasteiger partial charge in [-0.1, -0.05) is 0 Å². The number of hydrogen-bond acceptors (Lipinski definition) is 3. The first kappa shape index (κ1) is 9.80. The van der Waals surface area contributed by atoms with Crippen LogP contribution in [0.3, 0.4) is 0 Å². The summed E-state index contributed by atoms with van der Waals surface area (Å²) in [5, 5.41) is 0. The molecule has 0 aliphatic rings. The molecule has 0 fully saturated rings. The summed E-state index contributed by atoms with van der Waals surface area (Å²) in [5.41, 5.74) is 0. The van der Waals surface area contributed by atoms with E-state index in [9.17, 15) is 4.79 Å². The Morgan fingerprint density at radius 3 is 1.77 bits per heavy atom. The zero-order valence-electron chi connectivity index (χ0n) is 6.49. The number of rotatable bonds is 0. The molecule has 1 radical (unpaired) electrons. The molecular weight excluding hydrogens is 259 g/mol. The van der Waals surface area contributed by atoms with E-state index in [0.717, 1.165) is 0 Å². The SMILES string of the molecule is O=C(n1ccnc1)n1ccnc1.[Rh]. The monoisotopic (exact) mass is 265 g/mol. The van der Waals surface area contributed by atoms with Crippen molar-refractivity contribution in [3.05, 3.63) is 37.4 Å². The summed E-state index contributed by atoms with van der Waals surface area (Å²) < 4.78 is 2.75. The van der Waals surface area contributed by atoms with E-state index in [1.807, 2.05) is 0 Å². The van der Waals surface area contributed by atoms with Crippen LogP contribution >= 0.6 is 0 Å². The third-order valence-electron chi connectivity index (χ3n) is 1.45. The molecule has 0 aromatic carbocycles. The molecule has 0 spiro atoms. The van der Waals surface area contributed by atoms with Crippen LogP contribution in [0.2, 0.25) is 0 Å². The summed E-state index contributed by atoms with van der Waals surface area (Å²) in [4.78, 5) is 18.9. The van der Waals surface area contributed by atoms with Crippen molar-refractivity contribution in [3.63, 3.8) is 0 Å². The number of nitrogens with zero attached hydrogens (tertiary/aromatic N) is 4. The van der Waals surface area contributed by atoms with E-state index in [4.69, 9.17) is 0 Å². The van der Waals surface area contributed by atoms with Crippen LogP contribution in [0.1, 0.15) is 0 Å². The predicted octanol–water partition coefficient (Wildman–Crippen LogP) is 0.593. The first-order valence-corrected chi connectivity index (χ1v) is 3.38. The van der Waals surface area contributed by atoms with Crippen molar-refractivity contribution in [2.75, 3.05) is 0 Å². The minimum absolute atomic E-state index is 0. The Bertz CT molecular complexity index is 331. The predicted molar refractivity (Wildman–Crippen MR) is 40.6 cm³/mol. The molecule has 0 saturated heterocycles. The molecule has 69 valence electrons. The van der Waals surface area contributed by atoms with Gasteiger partial charge in [0.1, 0.15) is 12.7 Å². The molecule has 0 atom stereocenters. The first-order chi connectivity index (χ1) is 5.88. The Morgan fingerprint density at radius 1 is 1.00 bits per heavy atom. The summed E-state index contributed by atoms with van der Waals surface area (Å²) in [6.45, 7) is 0. The smallest absolute Gasteiger partial charge is 0.257 e. The standard InChI is InChI=1S/C7H6N4O.Rh/c12-7(10-3-1-8-5-10)11-4-2-9-6-11;/h1-6H;. The average Bonchev–Trinajstić information content (AvgIpc) is 2.77. The number of hydrogen-bond donors (Lipinski definition) is 0. The molecule has 0 saturated carbocycles. The van der Waals surface area contributed by atoms with Crippen LogP contribution in [0.15, 0.2) is 37.4 Å². The fourth-order valence-electron chi connectivity index (χ4n) is 0.878. The third kappa shape index (κ3) is 1.90. The zero-order valence-corrected chi connectivity index (χ0v) is 8.13. The maximum absolute atomic E-state index is 11.4. The van der Waals surface area contributed by atoms with Gasteiger partial charge in [-0.2, -0.15) is 0 Å². The second kappa shape index (κ2) is 4.09. The van der Waals surface area contributed by atoms with Crippen LogP contribution in [-0.2, 0) is 19.5 Å². The van der Waals surface area contributed by atoms with Crippen molar-refractivity contribution in [2.45, 2.75) is 0 Å². The van der Waals surface area contributed by atoms with Gasteiger partial charge in [-0.05, 0) is 0 Å². The van der Waals surface area contributed by atoms with Gasteiger partial charge >= 0.3 is 6.03 Å². The number of aromatic nitrogens is 4. The molecule has 0 amide bonds. The fraction of sp³-hybridized carbons (Fsp3) is 0. The summed E-state index contributed by atoms with van der Waals surface area (Å²) in [7, 11) is 0. The summed E-state index contributed by atoms with van der Waals surface area (Å²) in [5.74, 6) is 0. The largest absolute Gasteiger partial charge is 0.338 e. The molecule has 2 aromatic rings. The van der Waals surface area contributed by atoms with Gasteiger partial charge in [0.2, 0.25) is 0 Å². The topological polar surface area (TPSA) is 52.7 Å². The van der Waals surface area contributed by atoms with E-state index in [1.165, 1.54) is 21.8 Å². The van der Waals surface area contributed by atoms with E-state index < -0.39 is 0 Å². The Balaban J connectivity index is 0.000000845. The normalized spacial score (nSPS) is 9.23. The second-order valence-corrected chi connectivity index (χ2v) is 2.22. The first-order valence-electron chi connectivity index (χ1n) is 3.38. The average molecular weight is 265 g/mol. The van der Waals surface area contributed by atoms with E-state index in [0.29, 0.717) is 0 Å². The van der Waals surface area contributed by atoms with Gasteiger partial charge in [-0.25, -0.2) is 14.8 Å². The van der Waals surface area contributed by atoms with E-state index in [-0.39, 0.29) is 25.5 Å². The van der Waals surface area contributed by atoms with Crippen molar-refractivity contribution >= 4 is 6.03 Å². The van der Waals surface area contributed by atoms with Crippen LogP contribution in [0, 0.1) is 0 Å². The van der Waals surface area contributed by atoms with Crippen molar-refractivity contribution in [1.82, 2.24) is 19.1 Å². The molecule has 13 heavy (non-hydrogen) atoms. The maximum atomic E-state index is 11.4. The molecule has 2 rings (SSSR count). The number of imidazole rings is 2. The Labute approximate surface area is 87.2 Å². The van der Waals surface area contributed by atoms with Crippen molar-refractivity contribution in [1.29, 1.82) is 0 Å². The fourth-order valence-corrected chi connectivity index (χ4v) is 0.878. The molecule has 0 aliphatic carbocycles. The molecule has 6 heteroatoms. The van der Waals surface area contributed by atoms with Crippen molar-refractivity contribution in [2.24, 2.45) is 0 Å². The van der Waals surface area contributed by atoms with Crippen molar-refractivity contribution in [3.8, 4) is 0 Å². The zero-order chi connectivity index (χ0) is 8.39. The second-order valence-electron chi connectivity index (χ2n) is 2.22. The molecular formula is C7H6N4ORh. The van der Waals surface area contributed by atoms with Gasteiger partial charge in [-0.15, -0.1) is 0 Å². The molecule has 0 unspecified atom stereocenters. The van der Waals surface area contributed by atoms with Crippen molar-refractivity contribution < 1.29 is 24.3 Å². The quantitative estimate of drug-likeness (QED) is 0.655. The molecule has 2 aromatic heterocycles. The van der Waals surface area contributed by atoms with Crippen LogP contribution in [0.5, 0.6) is 0 Å². The molecule has 5 nitrogen and oxygen atoms in total. The molecule has 0 N–H and O–H groups in total. The van der Waals surface area contributed by atoms with Gasteiger partial charge in [0, 0.05) is 44.3 Å². The minimum Gasteiger partial charge on any atom is -0.257 e. The van der Waals surface area contributed by atoms with E-state index in [2.05, 4.69) is 9.97 Å². The van der Waals surface area contributed by atoms with Crippen LogP contribution in [-0.4, -0.2) is 25.1 Å². The van der Waals surface area contributed by atoms with Gasteiger partial charge in [-0.3, -0.25) is 9.13 Å². The van der Waals surface area contributed by atoms with Gasteiger partial charge in [0.15, 0.2) is 0 Å². The number of carbonyl (C=O) groups is 1. The van der Waals surface area contributed by atoms with Crippen LogP contribution in [0.4, 0.5) is 4.79 Å². The Morgan fingerprint density at radius 2 is 1.46 bits per heavy atom. The number of carbonyl (C=O) groups excluding carboxylic acids is 1.